The fourth-order valence-corrected chi connectivity index (χ4v) is 0.0373. The summed E-state index contributed by atoms with van der Waals surface area (Å²) in [6, 6.07) is 0. The Morgan fingerprint density at radius 1 is 1.29 bits per heavy atom. The maximum absolute atomic E-state index is 7.74. The van der Waals surface area contributed by atoms with Gasteiger partial charge in [-0.1, -0.05) is 0 Å². The topological polar surface area (TPSA) is 65.5 Å². The van der Waals surface area contributed by atoms with Crippen molar-refractivity contribution in [3.05, 3.63) is 0 Å². The maximum Gasteiger partial charge on any atom is 2.00 e. The smallest absolute Gasteiger partial charge is 1.00 e. The van der Waals surface area contributed by atoms with Gasteiger partial charge in [0.05, 0.1) is 0 Å². The van der Waals surface area contributed by atoms with Crippen molar-refractivity contribution in [2.75, 3.05) is 0 Å². The molecular formula is CH4CaMnO4. The van der Waals surface area contributed by atoms with Crippen LogP contribution in [0.15, 0.2) is 0 Å². The summed E-state index contributed by atoms with van der Waals surface area (Å²) < 4.78 is 0. The predicted octanol–water partition coefficient (Wildman–Crippen LogP) is -1.61. The molecule has 0 saturated carbocycles. The van der Waals surface area contributed by atoms with Crippen molar-refractivity contribution in [2.45, 2.75) is 6.16 Å². The Kier molecular flexibility index (Phi) is 5.89. The second-order valence-electron chi connectivity index (χ2n) is 0.715. The SMILES string of the molecule is OC1(O)OO1.[Ca+2].[H-].[H-].[Mn]. The Hall–Kier alpha value is 1.62. The Bertz CT molecular complexity index is 56.5. The van der Waals surface area contributed by atoms with Crippen molar-refractivity contribution in [1.29, 1.82) is 0 Å². The van der Waals surface area contributed by atoms with Crippen LogP contribution < -0.4 is 0 Å². The molecule has 1 rings (SSSR count). The van der Waals surface area contributed by atoms with Gasteiger partial charge in [0.15, 0.2) is 0 Å². The van der Waals surface area contributed by atoms with E-state index in [2.05, 4.69) is 9.78 Å². The Balaban J connectivity index is -0.0000000312. The summed E-state index contributed by atoms with van der Waals surface area (Å²) in [7, 11) is 0. The molecule has 0 aliphatic carbocycles. The van der Waals surface area contributed by atoms with Gasteiger partial charge >= 0.3 is 43.9 Å². The molecule has 0 aromatic heterocycles. The summed E-state index contributed by atoms with van der Waals surface area (Å²) in [6.45, 7) is 0. The number of hydrogen-bond donors (Lipinski definition) is 2. The Morgan fingerprint density at radius 3 is 1.43 bits per heavy atom. The van der Waals surface area contributed by atoms with Crippen LogP contribution in [0.5, 0.6) is 0 Å². The molecule has 0 aromatic rings. The van der Waals surface area contributed by atoms with Crippen molar-refractivity contribution >= 4 is 37.7 Å². The van der Waals surface area contributed by atoms with E-state index in [0.29, 0.717) is 0 Å². The van der Waals surface area contributed by atoms with E-state index in [1.54, 1.807) is 0 Å². The molecule has 6 heteroatoms. The van der Waals surface area contributed by atoms with E-state index < -0.39 is 6.16 Å². The first-order valence-corrected chi connectivity index (χ1v) is 1.02. The van der Waals surface area contributed by atoms with Gasteiger partial charge in [-0.2, -0.15) is 0 Å². The van der Waals surface area contributed by atoms with E-state index in [1.807, 2.05) is 0 Å². The van der Waals surface area contributed by atoms with Crippen LogP contribution in [0, 0.1) is 0 Å². The first kappa shape index (κ1) is 11.4. The average molecular weight is 175 g/mol. The summed E-state index contributed by atoms with van der Waals surface area (Å²) in [5, 5.41) is 15.5. The first-order chi connectivity index (χ1) is 2.21. The van der Waals surface area contributed by atoms with E-state index in [1.165, 1.54) is 0 Å². The Labute approximate surface area is 83.2 Å². The molecule has 1 aliphatic rings. The third-order valence-electron chi connectivity index (χ3n) is 0.232. The third kappa shape index (κ3) is 5.49. The predicted molar refractivity (Wildman–Crippen MR) is 17.3 cm³/mol. The largest absolute Gasteiger partial charge is 2.00 e. The van der Waals surface area contributed by atoms with Crippen LogP contribution in [0.25, 0.3) is 0 Å². The normalized spacial score (nSPS) is 21.4. The van der Waals surface area contributed by atoms with Crippen LogP contribution in [-0.2, 0) is 26.8 Å². The van der Waals surface area contributed by atoms with Gasteiger partial charge < -0.3 is 13.1 Å². The molecule has 1 radical (unpaired) electrons. The van der Waals surface area contributed by atoms with Gasteiger partial charge in [-0.3, -0.25) is 0 Å². The molecule has 1 heterocycles. The van der Waals surface area contributed by atoms with E-state index >= 15 is 0 Å². The number of rotatable bonds is 0. The third-order valence-corrected chi connectivity index (χ3v) is 0.232. The van der Waals surface area contributed by atoms with Gasteiger partial charge in [0.25, 0.3) is 0 Å². The van der Waals surface area contributed by atoms with Crippen LogP contribution in [0.4, 0.5) is 0 Å². The van der Waals surface area contributed by atoms with Gasteiger partial charge in [-0.05, 0) is 0 Å². The van der Waals surface area contributed by atoms with Gasteiger partial charge in [-0.25, -0.2) is 0 Å². The van der Waals surface area contributed by atoms with Crippen molar-refractivity contribution in [2.24, 2.45) is 0 Å². The summed E-state index contributed by atoms with van der Waals surface area (Å²) in [5.41, 5.74) is 0. The zero-order valence-electron chi connectivity index (χ0n) is 5.30. The number of aliphatic hydroxyl groups is 2. The quantitative estimate of drug-likeness (QED) is 0.201. The standard InChI is InChI=1S/CH2O4.Ca.Mn.2H/c2-1(3)4-5-1;;;;/h2-3H;;;;/q;+2;;2*-1. The van der Waals surface area contributed by atoms with Gasteiger partial charge in [0.2, 0.25) is 0 Å². The molecule has 1 fully saturated rings. The molecule has 0 spiro atoms. The van der Waals surface area contributed by atoms with Crippen LogP contribution in [-0.4, -0.2) is 54.1 Å². The molecule has 0 bridgehead atoms. The number of hydrogen-bond acceptors (Lipinski definition) is 4. The molecular weight excluding hydrogens is 171 g/mol. The monoisotopic (exact) mass is 175 g/mol. The van der Waals surface area contributed by atoms with Gasteiger partial charge in [0.1, 0.15) is 0 Å². The summed E-state index contributed by atoms with van der Waals surface area (Å²) in [4.78, 5) is 7.01. The van der Waals surface area contributed by atoms with Crippen molar-refractivity contribution in [3.8, 4) is 0 Å². The van der Waals surface area contributed by atoms with E-state index in [9.17, 15) is 0 Å². The summed E-state index contributed by atoms with van der Waals surface area (Å²) in [5.74, 6) is 0. The van der Waals surface area contributed by atoms with E-state index in [0.717, 1.165) is 0 Å². The molecule has 2 N–H and O–H groups in total. The zero-order chi connectivity index (χ0) is 3.91. The molecule has 41 valence electrons. The molecule has 7 heavy (non-hydrogen) atoms. The minimum atomic E-state index is -2.25. The van der Waals surface area contributed by atoms with Crippen molar-refractivity contribution < 1.29 is 39.9 Å². The average Bonchev–Trinajstić information content (AvgIpc) is 1.76. The van der Waals surface area contributed by atoms with Crippen molar-refractivity contribution in [1.82, 2.24) is 0 Å². The molecule has 4 nitrogen and oxygen atoms in total. The van der Waals surface area contributed by atoms with Gasteiger partial charge in [0, 0.05) is 17.1 Å². The second-order valence-corrected chi connectivity index (χ2v) is 0.715. The summed E-state index contributed by atoms with van der Waals surface area (Å²) >= 11 is 0. The van der Waals surface area contributed by atoms with Crippen LogP contribution >= 0.6 is 0 Å². The fraction of sp³-hybridized carbons (Fsp3) is 1.00. The van der Waals surface area contributed by atoms with Gasteiger partial charge in [-0.15, -0.1) is 9.78 Å². The molecule has 0 unspecified atom stereocenters. The molecule has 0 amide bonds. The van der Waals surface area contributed by atoms with Crippen LogP contribution in [0.1, 0.15) is 2.85 Å². The van der Waals surface area contributed by atoms with Crippen LogP contribution in [0.2, 0.25) is 0 Å². The first-order valence-electron chi connectivity index (χ1n) is 1.02. The molecule has 1 aliphatic heterocycles. The van der Waals surface area contributed by atoms with Crippen LogP contribution in [0.3, 0.4) is 0 Å². The molecule has 0 aromatic carbocycles. The minimum Gasteiger partial charge on any atom is -1.00 e. The molecule has 0 atom stereocenters. The minimum absolute atomic E-state index is 0. The zero-order valence-corrected chi connectivity index (χ0v) is 6.68. The second kappa shape index (κ2) is 3.61. The Morgan fingerprint density at radius 2 is 1.43 bits per heavy atom. The maximum atomic E-state index is 7.74. The summed E-state index contributed by atoms with van der Waals surface area (Å²) in [6.07, 6.45) is -2.25. The van der Waals surface area contributed by atoms with Crippen molar-refractivity contribution in [3.63, 3.8) is 0 Å². The van der Waals surface area contributed by atoms with E-state index in [-0.39, 0.29) is 57.7 Å². The van der Waals surface area contributed by atoms with E-state index in [4.69, 9.17) is 10.2 Å². The fourth-order valence-electron chi connectivity index (χ4n) is 0.0373. The molecule has 1 saturated heterocycles.